The van der Waals surface area contributed by atoms with Crippen LogP contribution < -0.4 is 35.0 Å². The molecule has 0 saturated carbocycles. The lowest BCUT2D eigenvalue weighted by molar-refractivity contribution is -0.143. The first-order valence-electron chi connectivity index (χ1n) is 25.0. The van der Waals surface area contributed by atoms with Crippen molar-refractivity contribution in [3.8, 4) is 34.1 Å². The molecule has 2 atom stereocenters. The highest BCUT2D eigenvalue weighted by Crippen LogP contribution is 2.45. The molecule has 0 fully saturated rings. The molecule has 0 aliphatic carbocycles. The Morgan fingerprint density at radius 3 is 1.57 bits per heavy atom. The highest BCUT2D eigenvalue weighted by molar-refractivity contribution is 9.10. The van der Waals surface area contributed by atoms with Gasteiger partial charge in [-0.05, 0) is 131 Å². The SMILES string of the molecule is COC(=O)[C@H](Cc1ccc(Br)c2c1CCCO2)NC(=O)c1c(Cl)cccc1Cl.O=C(N[C@@H](Cc1ccc(-c2cccc3c2OCCC3)c2c1CCCO2)C(=O)O)c1c(Cl)cccc1Cl.OB(O)c1cccc2c1OCCC2. The first-order valence-corrected chi connectivity index (χ1v) is 27.3. The minimum absolute atomic E-state index is 0.0571. The van der Waals surface area contributed by atoms with Crippen LogP contribution in [0.15, 0.2) is 102 Å². The molecule has 4 heterocycles. The van der Waals surface area contributed by atoms with Crippen molar-refractivity contribution in [2.45, 2.75) is 76.3 Å². The van der Waals surface area contributed by atoms with Crippen molar-refractivity contribution in [3.63, 3.8) is 0 Å². The van der Waals surface area contributed by atoms with Crippen LogP contribution in [0.3, 0.4) is 0 Å². The van der Waals surface area contributed by atoms with Crippen molar-refractivity contribution in [1.29, 1.82) is 0 Å². The number of aliphatic carboxylic acids is 1. The Labute approximate surface area is 474 Å². The van der Waals surface area contributed by atoms with E-state index in [1.165, 1.54) is 24.8 Å². The average molecular weight is 1190 g/mol. The van der Waals surface area contributed by atoms with Crippen LogP contribution in [0, 0.1) is 0 Å². The molecule has 0 radical (unpaired) electrons. The smallest absolute Gasteiger partial charge is 0.492 e. The molecule has 5 N–H and O–H groups in total. The number of carboxylic acid groups (broad SMARTS) is 1. The summed E-state index contributed by atoms with van der Waals surface area (Å²) in [5.74, 6) is 0.222. The van der Waals surface area contributed by atoms with Gasteiger partial charge in [0.25, 0.3) is 11.8 Å². The topological polar surface area (TPSA) is 199 Å². The lowest BCUT2D eigenvalue weighted by Gasteiger charge is -2.27. The summed E-state index contributed by atoms with van der Waals surface area (Å²) < 4.78 is 29.1. The van der Waals surface area contributed by atoms with Gasteiger partial charge in [-0.3, -0.25) is 9.59 Å². The summed E-state index contributed by atoms with van der Waals surface area (Å²) in [6.07, 6.45) is 7.58. The fourth-order valence-corrected chi connectivity index (χ4v) is 11.3. The van der Waals surface area contributed by atoms with Crippen LogP contribution in [0.5, 0.6) is 23.0 Å². The van der Waals surface area contributed by atoms with Crippen LogP contribution in [0.1, 0.15) is 79.8 Å². The van der Waals surface area contributed by atoms with Gasteiger partial charge in [-0.1, -0.05) is 113 Å². The number of carboxylic acids is 1. The summed E-state index contributed by atoms with van der Waals surface area (Å²) in [5, 5.41) is 34.1. The molecular formula is C57H54BBrCl4N2O12. The monoisotopic (exact) mass is 1190 g/mol. The zero-order valence-electron chi connectivity index (χ0n) is 41.8. The molecule has 0 aromatic heterocycles. The number of carbonyl (C=O) groups is 4. The predicted molar refractivity (Wildman–Crippen MR) is 300 cm³/mol. The minimum Gasteiger partial charge on any atom is -0.494 e. The lowest BCUT2D eigenvalue weighted by atomic mass is 9.78. The highest BCUT2D eigenvalue weighted by Gasteiger charge is 2.31. The van der Waals surface area contributed by atoms with Gasteiger partial charge in [-0.25, -0.2) is 9.59 Å². The zero-order valence-corrected chi connectivity index (χ0v) is 46.4. The predicted octanol–water partition coefficient (Wildman–Crippen LogP) is 10.0. The summed E-state index contributed by atoms with van der Waals surface area (Å²) in [4.78, 5) is 50.1. The number of benzene rings is 6. The van der Waals surface area contributed by atoms with Gasteiger partial charge >= 0.3 is 19.1 Å². The third-order valence-electron chi connectivity index (χ3n) is 13.4. The molecule has 0 spiro atoms. The van der Waals surface area contributed by atoms with Crippen molar-refractivity contribution in [2.75, 3.05) is 33.5 Å². The van der Waals surface area contributed by atoms with E-state index in [9.17, 15) is 24.3 Å². The van der Waals surface area contributed by atoms with Gasteiger partial charge < -0.3 is 49.5 Å². The van der Waals surface area contributed by atoms with Crippen LogP contribution in [0.2, 0.25) is 20.1 Å². The summed E-state index contributed by atoms with van der Waals surface area (Å²) in [5.41, 5.74) is 8.54. The molecule has 10 rings (SSSR count). The molecule has 4 aliphatic heterocycles. The maximum absolute atomic E-state index is 12.9. The molecule has 2 amide bonds. The number of hydrogen-bond donors (Lipinski definition) is 5. The molecule has 0 bridgehead atoms. The van der Waals surface area contributed by atoms with E-state index in [2.05, 4.69) is 32.6 Å². The number of para-hydroxylation sites is 2. The molecule has 4 aliphatic rings. The number of halogens is 5. The van der Waals surface area contributed by atoms with Gasteiger partial charge in [0.2, 0.25) is 0 Å². The maximum atomic E-state index is 12.9. The largest absolute Gasteiger partial charge is 0.494 e. The standard InChI is InChI=1S/C28H25Cl2NO5.C20H18BrCl2NO4.C9H11BO3/c29-21-9-2-10-22(30)24(21)27(32)31-23(28(33)34)15-17-11-12-20(26-18(17)8-4-14-36-26)19-7-1-5-16-6-3-13-35-25(16)19;1-27-20(26)16(24-19(25)17-14(22)5-2-6-15(17)23)10-11-7-8-13(21)18-12(11)4-3-9-28-18;11-10(12)8-5-1-3-7-4-2-6-13-9(7)8/h1-2,5,7,9-12,23H,3-4,6,8,13-15H2,(H,31,32)(H,33,34);2,5-8,16H,3-4,9-10H2,1H3,(H,24,25);1,3,5,11-12H,2,4,6H2/t23-;16-;/m00./s1. The molecule has 14 nitrogen and oxygen atoms in total. The number of amides is 2. The van der Waals surface area contributed by atoms with Crippen molar-refractivity contribution in [1.82, 2.24) is 10.6 Å². The van der Waals surface area contributed by atoms with Crippen LogP contribution in [-0.4, -0.2) is 91.6 Å². The molecule has 0 unspecified atom stereocenters. The molecule has 0 saturated heterocycles. The summed E-state index contributed by atoms with van der Waals surface area (Å²) in [6, 6.07) is 26.7. The molecule has 6 aromatic carbocycles. The van der Waals surface area contributed by atoms with Gasteiger partial charge in [0.1, 0.15) is 35.1 Å². The van der Waals surface area contributed by atoms with Crippen LogP contribution in [0.25, 0.3) is 11.1 Å². The van der Waals surface area contributed by atoms with E-state index < -0.39 is 43.0 Å². The Kier molecular flexibility index (Phi) is 19.8. The number of hydrogen-bond acceptors (Lipinski definition) is 11. The van der Waals surface area contributed by atoms with E-state index >= 15 is 0 Å². The van der Waals surface area contributed by atoms with E-state index in [0.717, 1.165) is 112 Å². The van der Waals surface area contributed by atoms with E-state index in [-0.39, 0.29) is 44.1 Å². The second kappa shape index (κ2) is 26.6. The van der Waals surface area contributed by atoms with Crippen LogP contribution in [0.4, 0.5) is 0 Å². The highest BCUT2D eigenvalue weighted by atomic mass is 79.9. The van der Waals surface area contributed by atoms with Gasteiger partial charge in [0.05, 0.1) is 69.2 Å². The quantitative estimate of drug-likeness (QED) is 0.0575. The fraction of sp³-hybridized carbons (Fsp3) is 0.298. The third-order valence-corrected chi connectivity index (χ3v) is 15.3. The van der Waals surface area contributed by atoms with E-state index in [1.54, 1.807) is 30.3 Å². The number of nitrogens with one attached hydrogen (secondary N) is 2. The summed E-state index contributed by atoms with van der Waals surface area (Å²) >= 11 is 28.0. The Hall–Kier alpha value is -5.98. The molecule has 6 aromatic rings. The number of esters is 1. The second-order valence-corrected chi connectivity index (χ2v) is 20.9. The number of fused-ring (bicyclic) bond motifs is 4. The number of rotatable bonds is 12. The summed E-state index contributed by atoms with van der Waals surface area (Å²) in [7, 11) is -0.155. The molecule has 402 valence electrons. The van der Waals surface area contributed by atoms with Crippen molar-refractivity contribution < 1.29 is 58.0 Å². The van der Waals surface area contributed by atoms with Gasteiger partial charge in [-0.15, -0.1) is 0 Å². The number of aryl methyl sites for hydroxylation is 2. The van der Waals surface area contributed by atoms with Crippen molar-refractivity contribution in [3.05, 3.63) is 166 Å². The normalized spacial score (nSPS) is 14.5. The van der Waals surface area contributed by atoms with E-state index in [4.69, 9.17) is 80.1 Å². The second-order valence-electron chi connectivity index (χ2n) is 18.4. The molecule has 77 heavy (non-hydrogen) atoms. The van der Waals surface area contributed by atoms with Gasteiger partial charge in [0, 0.05) is 29.4 Å². The number of methoxy groups -OCH3 is 1. The van der Waals surface area contributed by atoms with E-state index in [1.807, 2.05) is 48.5 Å². The molecule has 20 heteroatoms. The van der Waals surface area contributed by atoms with E-state index in [0.29, 0.717) is 37.6 Å². The van der Waals surface area contributed by atoms with Gasteiger partial charge in [0.15, 0.2) is 0 Å². The fourth-order valence-electron chi connectivity index (χ4n) is 9.70. The van der Waals surface area contributed by atoms with Crippen LogP contribution in [-0.2, 0) is 52.9 Å². The first kappa shape index (κ1) is 57.2. The number of carbonyl (C=O) groups excluding carboxylic acids is 3. The Morgan fingerprint density at radius 2 is 1.01 bits per heavy atom. The maximum Gasteiger partial charge on any atom is 0.492 e. The third kappa shape index (κ3) is 13.7. The Balaban J connectivity index is 0.000000169. The minimum atomic E-state index is -1.44. The Bertz CT molecular complexity index is 3140. The lowest BCUT2D eigenvalue weighted by Crippen LogP contribution is -2.43. The molecular weight excluding hydrogens is 1140 g/mol. The first-order chi connectivity index (χ1) is 37.1. The Morgan fingerprint density at radius 1 is 0.571 bits per heavy atom. The average Bonchev–Trinajstić information content (AvgIpc) is 3.43. The van der Waals surface area contributed by atoms with Crippen LogP contribution >= 0.6 is 62.3 Å². The van der Waals surface area contributed by atoms with Gasteiger partial charge in [-0.2, -0.15) is 0 Å². The van der Waals surface area contributed by atoms with Crippen molar-refractivity contribution in [2.24, 2.45) is 0 Å². The number of ether oxygens (including phenoxy) is 5. The van der Waals surface area contributed by atoms with Crippen molar-refractivity contribution >= 4 is 98.7 Å². The zero-order chi connectivity index (χ0) is 54.8. The summed E-state index contributed by atoms with van der Waals surface area (Å²) in [6.45, 7) is 2.58.